The molecule has 106 valence electrons. The number of aryl methyl sites for hydroxylation is 2. The van der Waals surface area contributed by atoms with Gasteiger partial charge in [-0.15, -0.1) is 0 Å². The van der Waals surface area contributed by atoms with Gasteiger partial charge < -0.3 is 5.32 Å². The lowest BCUT2D eigenvalue weighted by atomic mass is 9.96. The molecule has 2 heterocycles. The Labute approximate surface area is 118 Å². The summed E-state index contributed by atoms with van der Waals surface area (Å²) in [5.41, 5.74) is 3.28. The van der Waals surface area contributed by atoms with Crippen LogP contribution in [0.25, 0.3) is 0 Å². The molecule has 0 bridgehead atoms. The molecule has 2 rings (SSSR count). The smallest absolute Gasteiger partial charge is 0.146 e. The molecule has 0 saturated heterocycles. The highest BCUT2D eigenvalue weighted by Gasteiger charge is 2.20. The fourth-order valence-corrected chi connectivity index (χ4v) is 2.27. The molecule has 20 heavy (non-hydrogen) atoms. The number of halogens is 1. The van der Waals surface area contributed by atoms with E-state index in [1.54, 1.807) is 12.3 Å². The number of pyridine rings is 1. The summed E-state index contributed by atoms with van der Waals surface area (Å²) in [6, 6.07) is 3.45. The van der Waals surface area contributed by atoms with E-state index < -0.39 is 0 Å². The molecule has 0 saturated carbocycles. The van der Waals surface area contributed by atoms with Gasteiger partial charge in [0, 0.05) is 11.8 Å². The summed E-state index contributed by atoms with van der Waals surface area (Å²) in [7, 11) is 0. The average molecular weight is 274 g/mol. The molecule has 1 N–H and O–H groups in total. The quantitative estimate of drug-likeness (QED) is 0.910. The van der Waals surface area contributed by atoms with Crippen molar-refractivity contribution in [3.05, 3.63) is 52.9 Å². The van der Waals surface area contributed by atoms with Gasteiger partial charge in [0.15, 0.2) is 0 Å². The maximum Gasteiger partial charge on any atom is 0.146 e. The van der Waals surface area contributed by atoms with Crippen LogP contribution < -0.4 is 5.32 Å². The molecular formula is C15H19FN4. The maximum absolute atomic E-state index is 14.0. The minimum absolute atomic E-state index is 0.229. The van der Waals surface area contributed by atoms with Crippen molar-refractivity contribution in [3.63, 3.8) is 0 Å². The zero-order valence-corrected chi connectivity index (χ0v) is 12.0. The molecule has 0 aliphatic rings. The predicted molar refractivity (Wildman–Crippen MR) is 75.9 cm³/mol. The normalized spacial score (nSPS) is 12.4. The van der Waals surface area contributed by atoms with E-state index >= 15 is 0 Å². The first-order valence-corrected chi connectivity index (χ1v) is 6.83. The van der Waals surface area contributed by atoms with Crippen LogP contribution in [0.3, 0.4) is 0 Å². The third kappa shape index (κ3) is 2.99. The van der Waals surface area contributed by atoms with Gasteiger partial charge in [0.1, 0.15) is 5.82 Å². The second-order valence-corrected chi connectivity index (χ2v) is 4.63. The van der Waals surface area contributed by atoms with E-state index in [0.29, 0.717) is 5.56 Å². The van der Waals surface area contributed by atoms with E-state index in [9.17, 15) is 4.39 Å². The first kappa shape index (κ1) is 14.5. The van der Waals surface area contributed by atoms with E-state index in [2.05, 4.69) is 20.5 Å². The van der Waals surface area contributed by atoms with Gasteiger partial charge in [-0.2, -0.15) is 10.2 Å². The van der Waals surface area contributed by atoms with Gasteiger partial charge in [0.2, 0.25) is 0 Å². The molecule has 1 atom stereocenters. The van der Waals surface area contributed by atoms with Crippen molar-refractivity contribution in [2.24, 2.45) is 0 Å². The second-order valence-electron chi connectivity index (χ2n) is 4.63. The van der Waals surface area contributed by atoms with Crippen molar-refractivity contribution in [1.82, 2.24) is 20.5 Å². The van der Waals surface area contributed by atoms with Crippen molar-refractivity contribution in [2.45, 2.75) is 33.2 Å². The molecule has 0 aromatic carbocycles. The standard InChI is InChI=1S/C15H19FN4/c1-4-14-12(8-10(3)19-20-14)15(18-5-2)11-6-7-17-9-13(11)16/h6-9,15,18H,4-5H2,1-3H3. The highest BCUT2D eigenvalue weighted by atomic mass is 19.1. The van der Waals surface area contributed by atoms with Gasteiger partial charge in [0.25, 0.3) is 0 Å². The fraction of sp³-hybridized carbons (Fsp3) is 0.400. The lowest BCUT2D eigenvalue weighted by Crippen LogP contribution is -2.25. The molecule has 0 radical (unpaired) electrons. The molecule has 0 fully saturated rings. The summed E-state index contributed by atoms with van der Waals surface area (Å²) >= 11 is 0. The molecule has 0 amide bonds. The number of nitrogens with zero attached hydrogens (tertiary/aromatic N) is 3. The monoisotopic (exact) mass is 274 g/mol. The highest BCUT2D eigenvalue weighted by molar-refractivity contribution is 5.34. The minimum atomic E-state index is -0.310. The van der Waals surface area contributed by atoms with Gasteiger partial charge in [-0.05, 0) is 37.6 Å². The van der Waals surface area contributed by atoms with E-state index in [0.717, 1.165) is 29.9 Å². The number of hydrogen-bond donors (Lipinski definition) is 1. The van der Waals surface area contributed by atoms with Crippen molar-refractivity contribution in [3.8, 4) is 0 Å². The Morgan fingerprint density at radius 3 is 2.70 bits per heavy atom. The molecule has 5 heteroatoms. The largest absolute Gasteiger partial charge is 0.306 e. The molecule has 4 nitrogen and oxygen atoms in total. The lowest BCUT2D eigenvalue weighted by molar-refractivity contribution is 0.549. The average Bonchev–Trinajstić information content (AvgIpc) is 2.46. The van der Waals surface area contributed by atoms with Crippen LogP contribution >= 0.6 is 0 Å². The van der Waals surface area contributed by atoms with Crippen LogP contribution in [0.2, 0.25) is 0 Å². The van der Waals surface area contributed by atoms with Crippen molar-refractivity contribution in [1.29, 1.82) is 0 Å². The lowest BCUT2D eigenvalue weighted by Gasteiger charge is -2.21. The summed E-state index contributed by atoms with van der Waals surface area (Å²) in [6.45, 7) is 6.65. The Morgan fingerprint density at radius 1 is 1.25 bits per heavy atom. The second kappa shape index (κ2) is 6.52. The van der Waals surface area contributed by atoms with Crippen molar-refractivity contribution >= 4 is 0 Å². The van der Waals surface area contributed by atoms with Gasteiger partial charge in [-0.3, -0.25) is 4.98 Å². The fourth-order valence-electron chi connectivity index (χ4n) is 2.27. The van der Waals surface area contributed by atoms with E-state index in [1.807, 2.05) is 26.8 Å². The van der Waals surface area contributed by atoms with Crippen molar-refractivity contribution in [2.75, 3.05) is 6.54 Å². The number of aromatic nitrogens is 3. The Bertz CT molecular complexity index is 586. The Hall–Kier alpha value is -1.88. The van der Waals surface area contributed by atoms with Gasteiger partial charge in [0.05, 0.1) is 23.6 Å². The van der Waals surface area contributed by atoms with Crippen LogP contribution in [0.1, 0.15) is 42.4 Å². The minimum Gasteiger partial charge on any atom is -0.306 e. The summed E-state index contributed by atoms with van der Waals surface area (Å²) in [5, 5.41) is 11.6. The van der Waals surface area contributed by atoms with E-state index in [1.165, 1.54) is 6.20 Å². The zero-order valence-electron chi connectivity index (χ0n) is 12.0. The van der Waals surface area contributed by atoms with Gasteiger partial charge in [-0.25, -0.2) is 4.39 Å². The molecule has 0 aliphatic heterocycles. The van der Waals surface area contributed by atoms with Crippen LogP contribution in [-0.2, 0) is 6.42 Å². The van der Waals surface area contributed by atoms with E-state index in [4.69, 9.17) is 0 Å². The first-order valence-electron chi connectivity index (χ1n) is 6.83. The zero-order chi connectivity index (χ0) is 14.5. The highest BCUT2D eigenvalue weighted by Crippen LogP contribution is 2.26. The summed E-state index contributed by atoms with van der Waals surface area (Å²) in [4.78, 5) is 3.81. The Balaban J connectivity index is 2.54. The van der Waals surface area contributed by atoms with Gasteiger partial charge in [-0.1, -0.05) is 13.8 Å². The van der Waals surface area contributed by atoms with Crippen LogP contribution in [0, 0.1) is 12.7 Å². The topological polar surface area (TPSA) is 50.7 Å². The Morgan fingerprint density at radius 2 is 2.05 bits per heavy atom. The number of hydrogen-bond acceptors (Lipinski definition) is 4. The van der Waals surface area contributed by atoms with Crippen molar-refractivity contribution < 1.29 is 4.39 Å². The number of nitrogens with one attached hydrogen (secondary N) is 1. The van der Waals surface area contributed by atoms with E-state index in [-0.39, 0.29) is 11.9 Å². The maximum atomic E-state index is 14.0. The molecule has 2 aromatic heterocycles. The summed E-state index contributed by atoms with van der Waals surface area (Å²) < 4.78 is 14.0. The van der Waals surface area contributed by atoms with Crippen LogP contribution in [0.5, 0.6) is 0 Å². The summed E-state index contributed by atoms with van der Waals surface area (Å²) in [6.07, 6.45) is 3.61. The van der Waals surface area contributed by atoms with Crippen LogP contribution in [0.4, 0.5) is 4.39 Å². The predicted octanol–water partition coefficient (Wildman–Crippen LogP) is 2.58. The summed E-state index contributed by atoms with van der Waals surface area (Å²) in [5.74, 6) is -0.310. The third-order valence-electron chi connectivity index (χ3n) is 3.20. The van der Waals surface area contributed by atoms with Gasteiger partial charge >= 0.3 is 0 Å². The first-order chi connectivity index (χ1) is 9.67. The number of rotatable bonds is 5. The Kier molecular flexibility index (Phi) is 4.74. The SMILES string of the molecule is CCNC(c1ccncc1F)c1cc(C)nnc1CC. The van der Waals surface area contributed by atoms with Crippen LogP contribution in [0.15, 0.2) is 24.5 Å². The molecule has 1 unspecified atom stereocenters. The molecule has 0 aliphatic carbocycles. The molecule has 2 aromatic rings. The molecular weight excluding hydrogens is 255 g/mol. The molecule has 0 spiro atoms. The third-order valence-corrected chi connectivity index (χ3v) is 3.20. The van der Waals surface area contributed by atoms with Crippen LogP contribution in [-0.4, -0.2) is 21.7 Å².